The fraction of sp³-hybridized carbons (Fsp3) is 0.333. The molecule has 0 saturated carbocycles. The van der Waals surface area contributed by atoms with Crippen LogP contribution in [0.1, 0.15) is 12.8 Å². The maximum Gasteiger partial charge on any atom is 0.228 e. The van der Waals surface area contributed by atoms with E-state index in [9.17, 15) is 9.18 Å². The van der Waals surface area contributed by atoms with E-state index in [4.69, 9.17) is 0 Å². The molecule has 2 aromatic carbocycles. The second-order valence-electron chi connectivity index (χ2n) is 6.70. The van der Waals surface area contributed by atoms with Crippen LogP contribution in [0.4, 0.5) is 9.52 Å². The first-order valence-electron chi connectivity index (χ1n) is 9.22. The van der Waals surface area contributed by atoms with Gasteiger partial charge in [-0.1, -0.05) is 35.6 Å². The summed E-state index contributed by atoms with van der Waals surface area (Å²) in [7, 11) is 3.94. The number of aromatic nitrogens is 1. The third-order valence-electron chi connectivity index (χ3n) is 4.21. The van der Waals surface area contributed by atoms with Crippen molar-refractivity contribution in [3.05, 3.63) is 54.3 Å². The molecule has 3 rings (SSSR count). The Labute approximate surface area is 173 Å². The van der Waals surface area contributed by atoms with Crippen molar-refractivity contribution in [3.8, 4) is 0 Å². The fourth-order valence-electron chi connectivity index (χ4n) is 2.71. The molecule has 0 radical (unpaired) electrons. The summed E-state index contributed by atoms with van der Waals surface area (Å²) in [6.07, 6.45) is 1.24. The average Bonchev–Trinajstić information content (AvgIpc) is 3.11. The predicted molar refractivity (Wildman–Crippen MR) is 117 cm³/mol. The van der Waals surface area contributed by atoms with Gasteiger partial charge in [0, 0.05) is 24.4 Å². The van der Waals surface area contributed by atoms with E-state index >= 15 is 0 Å². The van der Waals surface area contributed by atoms with E-state index in [1.807, 2.05) is 43.3 Å². The first-order chi connectivity index (χ1) is 13.5. The topological polar surface area (TPSA) is 36.4 Å². The van der Waals surface area contributed by atoms with Crippen molar-refractivity contribution in [1.82, 2.24) is 9.88 Å². The van der Waals surface area contributed by atoms with Crippen LogP contribution in [-0.4, -0.2) is 48.7 Å². The molecule has 28 heavy (non-hydrogen) atoms. The Balaban J connectivity index is 1.66. The van der Waals surface area contributed by atoms with Gasteiger partial charge < -0.3 is 4.90 Å². The summed E-state index contributed by atoms with van der Waals surface area (Å²) in [4.78, 5) is 22.3. The number of hydrogen-bond acceptors (Lipinski definition) is 5. The summed E-state index contributed by atoms with van der Waals surface area (Å²) in [5.74, 6) is 0.570. The lowest BCUT2D eigenvalue weighted by Crippen LogP contribution is -2.36. The average molecular weight is 418 g/mol. The molecule has 4 nitrogen and oxygen atoms in total. The number of para-hydroxylation sites is 1. The molecule has 0 bridgehead atoms. The molecule has 1 heterocycles. The number of thioether (sulfide) groups is 1. The van der Waals surface area contributed by atoms with Crippen molar-refractivity contribution in [1.29, 1.82) is 0 Å². The van der Waals surface area contributed by atoms with Crippen molar-refractivity contribution in [2.45, 2.75) is 17.7 Å². The number of thiazole rings is 1. The van der Waals surface area contributed by atoms with E-state index in [1.165, 1.54) is 22.3 Å². The Kier molecular flexibility index (Phi) is 7.42. The molecule has 7 heteroatoms. The lowest BCUT2D eigenvalue weighted by molar-refractivity contribution is -0.118. The molecule has 3 aromatic rings. The second kappa shape index (κ2) is 10.0. The van der Waals surface area contributed by atoms with Gasteiger partial charge in [-0.05, 0) is 50.5 Å². The summed E-state index contributed by atoms with van der Waals surface area (Å²) < 4.78 is 14.8. The number of halogens is 1. The molecule has 1 amide bonds. The molecule has 0 fully saturated rings. The van der Waals surface area contributed by atoms with Gasteiger partial charge >= 0.3 is 0 Å². The maximum absolute atomic E-state index is 14.0. The third kappa shape index (κ3) is 5.53. The largest absolute Gasteiger partial charge is 0.308 e. The van der Waals surface area contributed by atoms with Crippen LogP contribution in [0, 0.1) is 5.82 Å². The highest BCUT2D eigenvalue weighted by Gasteiger charge is 2.20. The molecular weight excluding hydrogens is 393 g/mol. The van der Waals surface area contributed by atoms with Gasteiger partial charge in [0.2, 0.25) is 5.91 Å². The number of nitrogens with zero attached hydrogens (tertiary/aromatic N) is 3. The molecule has 1 aromatic heterocycles. The Morgan fingerprint density at radius 2 is 1.89 bits per heavy atom. The molecule has 0 aliphatic heterocycles. The van der Waals surface area contributed by atoms with E-state index in [-0.39, 0.29) is 11.7 Å². The van der Waals surface area contributed by atoms with Crippen molar-refractivity contribution in [2.24, 2.45) is 0 Å². The number of rotatable bonds is 9. The Bertz CT molecular complexity index is 914. The summed E-state index contributed by atoms with van der Waals surface area (Å²) in [6, 6.07) is 15.1. The van der Waals surface area contributed by atoms with Gasteiger partial charge in [-0.3, -0.25) is 9.69 Å². The first-order valence-corrected chi connectivity index (χ1v) is 11.0. The highest BCUT2D eigenvalue weighted by molar-refractivity contribution is 7.99. The van der Waals surface area contributed by atoms with Gasteiger partial charge in [0.15, 0.2) is 5.13 Å². The SMILES string of the molecule is CN(C)CCN(C(=O)CCCSc1ccccc1)c1nc2c(F)cccc2s1. The number of likely N-dealkylation sites (N-methyl/N-ethyl adjacent to an activating group) is 1. The van der Waals surface area contributed by atoms with E-state index in [1.54, 1.807) is 22.7 Å². The zero-order chi connectivity index (χ0) is 19.9. The molecule has 148 valence electrons. The number of hydrogen-bond donors (Lipinski definition) is 0. The minimum absolute atomic E-state index is 0.0370. The van der Waals surface area contributed by atoms with E-state index in [0.29, 0.717) is 23.6 Å². The summed E-state index contributed by atoms with van der Waals surface area (Å²) in [6.45, 7) is 1.27. The van der Waals surface area contributed by atoms with E-state index in [0.717, 1.165) is 23.4 Å². The van der Waals surface area contributed by atoms with Crippen molar-refractivity contribution in [3.63, 3.8) is 0 Å². The van der Waals surface area contributed by atoms with Gasteiger partial charge in [0.25, 0.3) is 0 Å². The van der Waals surface area contributed by atoms with Gasteiger partial charge in [-0.25, -0.2) is 9.37 Å². The number of amides is 1. The van der Waals surface area contributed by atoms with Gasteiger partial charge in [-0.15, -0.1) is 11.8 Å². The van der Waals surface area contributed by atoms with Crippen molar-refractivity contribution >= 4 is 44.4 Å². The van der Waals surface area contributed by atoms with Gasteiger partial charge in [-0.2, -0.15) is 0 Å². The molecule has 0 atom stereocenters. The maximum atomic E-state index is 14.0. The summed E-state index contributed by atoms with van der Waals surface area (Å²) >= 11 is 3.12. The minimum atomic E-state index is -0.348. The van der Waals surface area contributed by atoms with Gasteiger partial charge in [0.05, 0.1) is 4.70 Å². The molecule has 0 aliphatic rings. The second-order valence-corrected chi connectivity index (χ2v) is 8.87. The number of anilines is 1. The van der Waals surface area contributed by atoms with Crippen LogP contribution in [0.15, 0.2) is 53.4 Å². The Morgan fingerprint density at radius 1 is 1.11 bits per heavy atom. The molecule has 0 unspecified atom stereocenters. The molecule has 0 aliphatic carbocycles. The van der Waals surface area contributed by atoms with Crippen LogP contribution in [0.2, 0.25) is 0 Å². The van der Waals surface area contributed by atoms with Gasteiger partial charge in [0.1, 0.15) is 11.3 Å². The molecule has 0 N–H and O–H groups in total. The van der Waals surface area contributed by atoms with Crippen molar-refractivity contribution < 1.29 is 9.18 Å². The van der Waals surface area contributed by atoms with Crippen LogP contribution in [-0.2, 0) is 4.79 Å². The van der Waals surface area contributed by atoms with Crippen LogP contribution in [0.5, 0.6) is 0 Å². The summed E-state index contributed by atoms with van der Waals surface area (Å²) in [5.41, 5.74) is 0.338. The Hall–Kier alpha value is -1.96. The quantitative estimate of drug-likeness (QED) is 0.366. The number of benzene rings is 2. The standard InChI is InChI=1S/C21H24FN3OS2/c1-24(2)13-14-25(21-23-20-17(22)10-6-11-18(20)28-21)19(26)12-7-15-27-16-8-4-3-5-9-16/h3-6,8-11H,7,12-15H2,1-2H3. The zero-order valence-corrected chi connectivity index (χ0v) is 17.7. The zero-order valence-electron chi connectivity index (χ0n) is 16.1. The lowest BCUT2D eigenvalue weighted by Gasteiger charge is -2.22. The van der Waals surface area contributed by atoms with Crippen LogP contribution < -0.4 is 4.90 Å². The number of carbonyl (C=O) groups is 1. The van der Waals surface area contributed by atoms with Crippen LogP contribution in [0.25, 0.3) is 10.2 Å². The predicted octanol–water partition coefficient (Wildman–Crippen LogP) is 4.90. The Morgan fingerprint density at radius 3 is 2.61 bits per heavy atom. The fourth-order valence-corrected chi connectivity index (χ4v) is 4.61. The summed E-state index contributed by atoms with van der Waals surface area (Å²) in [5, 5.41) is 0.572. The van der Waals surface area contributed by atoms with E-state index < -0.39 is 0 Å². The van der Waals surface area contributed by atoms with Crippen molar-refractivity contribution in [2.75, 3.05) is 37.8 Å². The number of fused-ring (bicyclic) bond motifs is 1. The first kappa shape index (κ1) is 20.8. The molecular formula is C21H24FN3OS2. The normalized spacial score (nSPS) is 11.3. The highest BCUT2D eigenvalue weighted by Crippen LogP contribution is 2.30. The lowest BCUT2D eigenvalue weighted by atomic mass is 10.3. The van der Waals surface area contributed by atoms with E-state index in [2.05, 4.69) is 17.1 Å². The number of carbonyl (C=O) groups excluding carboxylic acids is 1. The van der Waals surface area contributed by atoms with Crippen LogP contribution in [0.3, 0.4) is 0 Å². The smallest absolute Gasteiger partial charge is 0.228 e. The highest BCUT2D eigenvalue weighted by atomic mass is 32.2. The van der Waals surface area contributed by atoms with Crippen LogP contribution >= 0.6 is 23.1 Å². The third-order valence-corrected chi connectivity index (χ3v) is 6.35. The molecule has 0 saturated heterocycles. The minimum Gasteiger partial charge on any atom is -0.308 e. The monoisotopic (exact) mass is 417 g/mol. The molecule has 0 spiro atoms.